The molecule has 0 bridgehead atoms. The van der Waals surface area contributed by atoms with Gasteiger partial charge >= 0.3 is 0 Å². The van der Waals surface area contributed by atoms with Crippen molar-refractivity contribution in [3.8, 4) is 0 Å². The van der Waals surface area contributed by atoms with Crippen LogP contribution in [0, 0.1) is 10.1 Å². The summed E-state index contributed by atoms with van der Waals surface area (Å²) in [5.74, 6) is -0.378. The molecule has 1 aliphatic heterocycles. The summed E-state index contributed by atoms with van der Waals surface area (Å²) in [5, 5.41) is 11.0. The average Bonchev–Trinajstić information content (AvgIpc) is 3.04. The Bertz CT molecular complexity index is 1010. The molecule has 142 valence electrons. The summed E-state index contributed by atoms with van der Waals surface area (Å²) in [7, 11) is -3.85. The average molecular weight is 389 g/mol. The van der Waals surface area contributed by atoms with Gasteiger partial charge < -0.3 is 4.90 Å². The molecule has 0 saturated heterocycles. The number of nitrogens with zero attached hydrogens (tertiary/aromatic N) is 3. The van der Waals surface area contributed by atoms with Gasteiger partial charge in [0.2, 0.25) is 10.0 Å². The number of anilines is 2. The summed E-state index contributed by atoms with van der Waals surface area (Å²) in [6.07, 6.45) is 1.68. The van der Waals surface area contributed by atoms with Crippen LogP contribution in [0.25, 0.3) is 0 Å². The Kier molecular flexibility index (Phi) is 4.88. The van der Waals surface area contributed by atoms with Crippen molar-refractivity contribution in [3.05, 3.63) is 64.2 Å². The molecule has 1 unspecified atom stereocenters. The molecule has 0 fully saturated rings. The van der Waals surface area contributed by atoms with Gasteiger partial charge in [-0.15, -0.1) is 0 Å². The van der Waals surface area contributed by atoms with Gasteiger partial charge in [0, 0.05) is 24.4 Å². The standard InChI is InChI=1S/C18H19N3O5S/c1-13(18(22)19-11-10-14-6-3-4-9-17(14)19)20(27(2,25)26)15-7-5-8-16(12-15)21(23)24/h3-9,12-13H,10-11H2,1-2H3. The molecule has 8 nitrogen and oxygen atoms in total. The topological polar surface area (TPSA) is 101 Å². The minimum atomic E-state index is -3.85. The van der Waals surface area contributed by atoms with E-state index in [1.54, 1.807) is 4.90 Å². The molecule has 9 heteroatoms. The fourth-order valence-electron chi connectivity index (χ4n) is 3.34. The number of benzene rings is 2. The lowest BCUT2D eigenvalue weighted by Gasteiger charge is -2.31. The molecule has 27 heavy (non-hydrogen) atoms. The summed E-state index contributed by atoms with van der Waals surface area (Å²) in [6, 6.07) is 11.7. The normalized spacial score (nSPS) is 14.5. The van der Waals surface area contributed by atoms with Gasteiger partial charge in [-0.25, -0.2) is 8.42 Å². The lowest BCUT2D eigenvalue weighted by molar-refractivity contribution is -0.384. The zero-order valence-electron chi connectivity index (χ0n) is 14.9. The van der Waals surface area contributed by atoms with Gasteiger partial charge in [0.1, 0.15) is 6.04 Å². The van der Waals surface area contributed by atoms with Crippen LogP contribution in [0.3, 0.4) is 0 Å². The summed E-state index contributed by atoms with van der Waals surface area (Å²) < 4.78 is 25.7. The first-order valence-electron chi connectivity index (χ1n) is 8.33. The number of hydrogen-bond acceptors (Lipinski definition) is 5. The summed E-state index contributed by atoms with van der Waals surface area (Å²) in [4.78, 5) is 25.1. The van der Waals surface area contributed by atoms with E-state index in [1.165, 1.54) is 25.1 Å². The maximum Gasteiger partial charge on any atom is 0.271 e. The van der Waals surface area contributed by atoms with Gasteiger partial charge in [-0.3, -0.25) is 19.2 Å². The maximum atomic E-state index is 13.1. The van der Waals surface area contributed by atoms with Gasteiger partial charge in [-0.2, -0.15) is 0 Å². The second kappa shape index (κ2) is 6.99. The van der Waals surface area contributed by atoms with E-state index in [0.29, 0.717) is 13.0 Å². The number of non-ortho nitro benzene ring substituents is 1. The number of sulfonamides is 1. The molecule has 0 N–H and O–H groups in total. The van der Waals surface area contributed by atoms with E-state index >= 15 is 0 Å². The minimum absolute atomic E-state index is 0.0834. The first-order chi connectivity index (χ1) is 12.7. The number of hydrogen-bond donors (Lipinski definition) is 0. The molecule has 1 aliphatic rings. The molecule has 0 aromatic heterocycles. The van der Waals surface area contributed by atoms with Crippen molar-refractivity contribution >= 4 is 33.0 Å². The van der Waals surface area contributed by atoms with Crippen molar-refractivity contribution in [3.63, 3.8) is 0 Å². The smallest absolute Gasteiger partial charge is 0.271 e. The van der Waals surface area contributed by atoms with Crippen LogP contribution in [-0.4, -0.2) is 38.1 Å². The molecule has 0 radical (unpaired) electrons. The maximum absolute atomic E-state index is 13.1. The van der Waals surface area contributed by atoms with Crippen LogP contribution < -0.4 is 9.21 Å². The van der Waals surface area contributed by atoms with E-state index in [4.69, 9.17) is 0 Å². The molecule has 2 aromatic rings. The van der Waals surface area contributed by atoms with E-state index in [-0.39, 0.29) is 17.3 Å². The van der Waals surface area contributed by atoms with Crippen molar-refractivity contribution in [2.45, 2.75) is 19.4 Å². The predicted octanol–water partition coefficient (Wildman–Crippen LogP) is 2.34. The Balaban J connectivity index is 1.98. The quantitative estimate of drug-likeness (QED) is 0.577. The molecule has 0 saturated carbocycles. The first-order valence-corrected chi connectivity index (χ1v) is 10.2. The van der Waals surface area contributed by atoms with Crippen LogP contribution in [0.5, 0.6) is 0 Å². The molecule has 1 heterocycles. The molecule has 3 rings (SSSR count). The Morgan fingerprint density at radius 1 is 1.22 bits per heavy atom. The van der Waals surface area contributed by atoms with Crippen molar-refractivity contribution < 1.29 is 18.1 Å². The van der Waals surface area contributed by atoms with Gasteiger partial charge in [0.15, 0.2) is 0 Å². The van der Waals surface area contributed by atoms with E-state index in [2.05, 4.69) is 0 Å². The lowest BCUT2D eigenvalue weighted by atomic mass is 10.2. The van der Waals surface area contributed by atoms with Gasteiger partial charge in [0.05, 0.1) is 16.9 Å². The first kappa shape index (κ1) is 18.8. The van der Waals surface area contributed by atoms with Gasteiger partial charge in [-0.05, 0) is 31.0 Å². The van der Waals surface area contributed by atoms with Gasteiger partial charge in [0.25, 0.3) is 11.6 Å². The summed E-state index contributed by atoms with van der Waals surface area (Å²) in [6.45, 7) is 1.96. The summed E-state index contributed by atoms with van der Waals surface area (Å²) >= 11 is 0. The van der Waals surface area contributed by atoms with E-state index in [1.807, 2.05) is 24.3 Å². The zero-order chi connectivity index (χ0) is 19.8. The monoisotopic (exact) mass is 389 g/mol. The minimum Gasteiger partial charge on any atom is -0.310 e. The van der Waals surface area contributed by atoms with Crippen LogP contribution >= 0.6 is 0 Å². The SMILES string of the molecule is CC(C(=O)N1CCc2ccccc21)N(c1cccc([N+](=O)[O-])c1)S(C)(=O)=O. The molecule has 1 amide bonds. The van der Waals surface area contributed by atoms with Crippen molar-refractivity contribution in [2.75, 3.05) is 22.0 Å². The predicted molar refractivity (Wildman–Crippen MR) is 102 cm³/mol. The van der Waals surface area contributed by atoms with E-state index in [0.717, 1.165) is 27.9 Å². The number of amides is 1. The highest BCUT2D eigenvalue weighted by Crippen LogP contribution is 2.31. The highest BCUT2D eigenvalue weighted by molar-refractivity contribution is 7.92. The Labute approximate surface area is 157 Å². The zero-order valence-corrected chi connectivity index (χ0v) is 15.7. The largest absolute Gasteiger partial charge is 0.310 e. The number of para-hydroxylation sites is 1. The summed E-state index contributed by atoms with van der Waals surface area (Å²) in [5.41, 5.74) is 1.63. The van der Waals surface area contributed by atoms with Crippen LogP contribution in [0.2, 0.25) is 0 Å². The molecular weight excluding hydrogens is 370 g/mol. The van der Waals surface area contributed by atoms with Crippen LogP contribution in [-0.2, 0) is 21.2 Å². The number of rotatable bonds is 5. The lowest BCUT2D eigenvalue weighted by Crippen LogP contribution is -2.49. The Morgan fingerprint density at radius 2 is 1.93 bits per heavy atom. The second-order valence-electron chi connectivity index (χ2n) is 6.38. The molecular formula is C18H19N3O5S. The molecule has 0 spiro atoms. The molecule has 0 aliphatic carbocycles. The van der Waals surface area contributed by atoms with Crippen molar-refractivity contribution in [1.29, 1.82) is 0 Å². The number of carbonyl (C=O) groups excluding carboxylic acids is 1. The third-order valence-corrected chi connectivity index (χ3v) is 5.76. The highest BCUT2D eigenvalue weighted by Gasteiger charge is 2.35. The van der Waals surface area contributed by atoms with Crippen LogP contribution in [0.1, 0.15) is 12.5 Å². The highest BCUT2D eigenvalue weighted by atomic mass is 32.2. The van der Waals surface area contributed by atoms with E-state index in [9.17, 15) is 23.3 Å². The third-order valence-electron chi connectivity index (χ3n) is 4.51. The van der Waals surface area contributed by atoms with Crippen LogP contribution in [0.4, 0.5) is 17.1 Å². The Morgan fingerprint density at radius 3 is 2.59 bits per heavy atom. The molecule has 1 atom stereocenters. The third kappa shape index (κ3) is 3.63. The second-order valence-corrected chi connectivity index (χ2v) is 8.24. The Hall–Kier alpha value is -2.94. The van der Waals surface area contributed by atoms with Crippen molar-refractivity contribution in [1.82, 2.24) is 0 Å². The number of nitro benzene ring substituents is 1. The van der Waals surface area contributed by atoms with E-state index < -0.39 is 21.0 Å². The van der Waals surface area contributed by atoms with Crippen LogP contribution in [0.15, 0.2) is 48.5 Å². The number of carbonyl (C=O) groups is 1. The molecule has 2 aromatic carbocycles. The fraction of sp³-hybridized carbons (Fsp3) is 0.278. The number of nitro groups is 1. The van der Waals surface area contributed by atoms with Gasteiger partial charge in [-0.1, -0.05) is 24.3 Å². The van der Waals surface area contributed by atoms with Crippen molar-refractivity contribution in [2.24, 2.45) is 0 Å². The number of fused-ring (bicyclic) bond motifs is 1. The fourth-order valence-corrected chi connectivity index (χ4v) is 4.50.